The predicted molar refractivity (Wildman–Crippen MR) is 125 cm³/mol. The number of thioether (sulfide) groups is 2. The summed E-state index contributed by atoms with van der Waals surface area (Å²) in [6.07, 6.45) is 3.81. The highest BCUT2D eigenvalue weighted by atomic mass is 35.5. The van der Waals surface area contributed by atoms with Crippen LogP contribution in [0.25, 0.3) is 0 Å². The second-order valence-electron chi connectivity index (χ2n) is 6.79. The third-order valence-corrected chi connectivity index (χ3v) is 5.75. The number of carbonyl (C=O) groups excluding carboxylic acids is 2. The molecule has 4 nitrogen and oxygen atoms in total. The van der Waals surface area contributed by atoms with Crippen LogP contribution in [0.1, 0.15) is 68.9 Å². The Labute approximate surface area is 187 Å². The molecular weight excluding hydrogens is 424 g/mol. The monoisotopic (exact) mass is 452 g/mol. The molecule has 7 heteroatoms. The van der Waals surface area contributed by atoms with E-state index in [2.05, 4.69) is 37.7 Å². The number of ketones is 2. The lowest BCUT2D eigenvalue weighted by molar-refractivity contribution is 0.0974. The number of hydrogen-bond donors (Lipinski definition) is 0. The van der Waals surface area contributed by atoms with Gasteiger partial charge >= 0.3 is 0 Å². The molecule has 0 aliphatic rings. The van der Waals surface area contributed by atoms with Crippen molar-refractivity contribution in [3.63, 3.8) is 0 Å². The van der Waals surface area contributed by atoms with E-state index in [9.17, 15) is 9.59 Å². The molecular formula is C22H29ClN2O2S2. The van der Waals surface area contributed by atoms with Gasteiger partial charge in [0.25, 0.3) is 0 Å². The van der Waals surface area contributed by atoms with Crippen LogP contribution in [0.4, 0.5) is 0 Å². The molecule has 2 aromatic heterocycles. The van der Waals surface area contributed by atoms with Crippen molar-refractivity contribution in [3.8, 4) is 0 Å². The number of aromatic nitrogens is 2. The molecule has 0 N–H and O–H groups in total. The summed E-state index contributed by atoms with van der Waals surface area (Å²) >= 11 is 9.09. The van der Waals surface area contributed by atoms with Crippen LogP contribution in [0.3, 0.4) is 0 Å². The van der Waals surface area contributed by atoms with Crippen LogP contribution in [-0.4, -0.2) is 37.4 Å². The third-order valence-electron chi connectivity index (χ3n) is 3.45. The van der Waals surface area contributed by atoms with Crippen LogP contribution < -0.4 is 0 Å². The quantitative estimate of drug-likeness (QED) is 0.256. The second-order valence-corrected chi connectivity index (χ2v) is 10.7. The van der Waals surface area contributed by atoms with E-state index in [1.54, 1.807) is 42.8 Å². The topological polar surface area (TPSA) is 59.9 Å². The summed E-state index contributed by atoms with van der Waals surface area (Å²) in [5, 5.41) is 0.375. The Morgan fingerprint density at radius 1 is 0.897 bits per heavy atom. The summed E-state index contributed by atoms with van der Waals surface area (Å²) in [5.41, 5.74) is 1.10. The maximum absolute atomic E-state index is 11.7. The van der Waals surface area contributed by atoms with Crippen LogP contribution in [0.2, 0.25) is 0 Å². The van der Waals surface area contributed by atoms with Gasteiger partial charge in [-0.25, -0.2) is 0 Å². The maximum atomic E-state index is 11.7. The van der Waals surface area contributed by atoms with Gasteiger partial charge < -0.3 is 0 Å². The lowest BCUT2D eigenvalue weighted by atomic mass is 10.2. The standard InChI is InChI=1S/C11H14ClNOS.C11H15NOS/c1-7(2)15-9-5-4-6-13-10(9)11(14)8(3)12;1-4-9(13)11-10(14-8(2)3)6-5-7-12-11/h4-8H,1-3H3;5-8H,4H2,1-3H3. The minimum absolute atomic E-state index is 0.111. The second kappa shape index (κ2) is 13.0. The molecule has 0 aliphatic heterocycles. The Hall–Kier alpha value is -1.37. The van der Waals surface area contributed by atoms with Crippen molar-refractivity contribution in [2.45, 2.75) is 73.6 Å². The zero-order valence-electron chi connectivity index (χ0n) is 17.8. The minimum Gasteiger partial charge on any atom is -0.292 e. The first-order chi connectivity index (χ1) is 13.7. The van der Waals surface area contributed by atoms with Gasteiger partial charge in [0.15, 0.2) is 11.6 Å². The zero-order chi connectivity index (χ0) is 22.0. The number of rotatable bonds is 8. The highest BCUT2D eigenvalue weighted by molar-refractivity contribution is 8.00. The molecule has 0 fully saturated rings. The minimum atomic E-state index is -0.522. The Balaban J connectivity index is 0.000000291. The third kappa shape index (κ3) is 8.89. The normalized spacial score (nSPS) is 11.8. The lowest BCUT2D eigenvalue weighted by Crippen LogP contribution is -2.13. The molecule has 0 spiro atoms. The summed E-state index contributed by atoms with van der Waals surface area (Å²) in [4.78, 5) is 33.4. The van der Waals surface area contributed by atoms with E-state index in [0.29, 0.717) is 28.3 Å². The highest BCUT2D eigenvalue weighted by Crippen LogP contribution is 2.27. The largest absolute Gasteiger partial charge is 0.292 e. The molecule has 0 bridgehead atoms. The number of nitrogens with zero attached hydrogens (tertiary/aromatic N) is 2. The van der Waals surface area contributed by atoms with Gasteiger partial charge in [-0.1, -0.05) is 34.6 Å². The first-order valence-electron chi connectivity index (χ1n) is 9.62. The fraction of sp³-hybridized carbons (Fsp3) is 0.455. The Morgan fingerprint density at radius 3 is 1.76 bits per heavy atom. The summed E-state index contributed by atoms with van der Waals surface area (Å²) < 4.78 is 0. The Kier molecular flexibility index (Phi) is 11.5. The molecule has 0 aromatic carbocycles. The van der Waals surface area contributed by atoms with Gasteiger partial charge in [-0.3, -0.25) is 19.6 Å². The van der Waals surface area contributed by atoms with Crippen molar-refractivity contribution in [3.05, 3.63) is 48.0 Å². The van der Waals surface area contributed by atoms with E-state index in [0.717, 1.165) is 9.79 Å². The smallest absolute Gasteiger partial charge is 0.199 e. The Morgan fingerprint density at radius 2 is 1.34 bits per heavy atom. The molecule has 2 aromatic rings. The van der Waals surface area contributed by atoms with Crippen molar-refractivity contribution in [1.29, 1.82) is 0 Å². The molecule has 2 rings (SSSR count). The molecule has 0 saturated heterocycles. The molecule has 29 heavy (non-hydrogen) atoms. The van der Waals surface area contributed by atoms with Crippen LogP contribution in [0.15, 0.2) is 46.5 Å². The maximum Gasteiger partial charge on any atom is 0.199 e. The Bertz CT molecular complexity index is 811. The number of Topliss-reactive ketones (excluding diaryl/α,β-unsaturated/α-hetero) is 2. The van der Waals surface area contributed by atoms with Crippen LogP contribution >= 0.6 is 35.1 Å². The van der Waals surface area contributed by atoms with Gasteiger partial charge in [-0.05, 0) is 31.2 Å². The van der Waals surface area contributed by atoms with Crippen molar-refractivity contribution in [2.75, 3.05) is 0 Å². The summed E-state index contributed by atoms with van der Waals surface area (Å²) in [5.74, 6) is 0.00849. The number of pyridine rings is 2. The molecule has 0 aliphatic carbocycles. The average molecular weight is 453 g/mol. The number of halogens is 1. The molecule has 0 amide bonds. The van der Waals surface area contributed by atoms with Crippen molar-refractivity contribution in [1.82, 2.24) is 9.97 Å². The molecule has 2 heterocycles. The van der Waals surface area contributed by atoms with Crippen molar-refractivity contribution >= 4 is 46.7 Å². The summed E-state index contributed by atoms with van der Waals surface area (Å²) in [6, 6.07) is 7.57. The fourth-order valence-electron chi connectivity index (χ4n) is 2.23. The van der Waals surface area contributed by atoms with Crippen molar-refractivity contribution < 1.29 is 9.59 Å². The molecule has 0 radical (unpaired) electrons. The van der Waals surface area contributed by atoms with E-state index in [1.807, 2.05) is 31.2 Å². The van der Waals surface area contributed by atoms with Gasteiger partial charge in [0.05, 0.1) is 5.38 Å². The molecule has 158 valence electrons. The fourth-order valence-corrected chi connectivity index (χ4v) is 4.21. The highest BCUT2D eigenvalue weighted by Gasteiger charge is 2.18. The van der Waals surface area contributed by atoms with Crippen molar-refractivity contribution in [2.24, 2.45) is 0 Å². The number of carbonyl (C=O) groups is 2. The number of hydrogen-bond acceptors (Lipinski definition) is 6. The number of alkyl halides is 1. The SMILES string of the molecule is CC(C)Sc1cccnc1C(=O)C(C)Cl.CCC(=O)c1ncccc1SC(C)C. The summed E-state index contributed by atoms with van der Waals surface area (Å²) in [7, 11) is 0. The van der Waals surface area contributed by atoms with E-state index in [1.165, 1.54) is 0 Å². The van der Waals surface area contributed by atoms with Gasteiger partial charge in [-0.2, -0.15) is 0 Å². The van der Waals surface area contributed by atoms with Crippen LogP contribution in [0.5, 0.6) is 0 Å². The van der Waals surface area contributed by atoms with Gasteiger partial charge in [0.1, 0.15) is 11.4 Å². The first kappa shape index (κ1) is 25.7. The van der Waals surface area contributed by atoms with Gasteiger partial charge in [0, 0.05) is 39.1 Å². The van der Waals surface area contributed by atoms with E-state index >= 15 is 0 Å². The summed E-state index contributed by atoms with van der Waals surface area (Å²) in [6.45, 7) is 11.9. The van der Waals surface area contributed by atoms with Gasteiger partial charge in [-0.15, -0.1) is 35.1 Å². The van der Waals surface area contributed by atoms with Crippen LogP contribution in [-0.2, 0) is 0 Å². The van der Waals surface area contributed by atoms with E-state index in [-0.39, 0.29) is 11.6 Å². The average Bonchev–Trinajstić information content (AvgIpc) is 2.67. The lowest BCUT2D eigenvalue weighted by Gasteiger charge is -2.09. The zero-order valence-corrected chi connectivity index (χ0v) is 20.2. The molecule has 1 atom stereocenters. The van der Waals surface area contributed by atoms with Crippen LogP contribution in [0, 0.1) is 0 Å². The molecule has 0 saturated carbocycles. The van der Waals surface area contributed by atoms with Gasteiger partial charge in [0.2, 0.25) is 0 Å². The predicted octanol–water partition coefficient (Wildman–Crippen LogP) is 6.57. The van der Waals surface area contributed by atoms with E-state index in [4.69, 9.17) is 11.6 Å². The van der Waals surface area contributed by atoms with E-state index < -0.39 is 5.38 Å². The molecule has 1 unspecified atom stereocenters. The first-order valence-corrected chi connectivity index (χ1v) is 11.8.